The summed E-state index contributed by atoms with van der Waals surface area (Å²) < 4.78 is 0. The monoisotopic (exact) mass is 263 g/mol. The molecule has 0 radical (unpaired) electrons. The van der Waals surface area contributed by atoms with Crippen LogP contribution in [-0.2, 0) is 6.42 Å². The van der Waals surface area contributed by atoms with E-state index >= 15 is 0 Å². The van der Waals surface area contributed by atoms with Gasteiger partial charge in [-0.15, -0.1) is 0 Å². The summed E-state index contributed by atoms with van der Waals surface area (Å²) in [5, 5.41) is 13.1. The molecule has 108 valence electrons. The highest BCUT2D eigenvalue weighted by atomic mass is 16.3. The van der Waals surface area contributed by atoms with Crippen LogP contribution in [0.2, 0.25) is 0 Å². The van der Waals surface area contributed by atoms with Crippen molar-refractivity contribution < 1.29 is 5.11 Å². The molecule has 0 amide bonds. The third-order valence-corrected chi connectivity index (χ3v) is 3.23. The van der Waals surface area contributed by atoms with Crippen LogP contribution in [0.25, 0.3) is 0 Å². The number of hydrogen-bond acceptors (Lipinski definition) is 2. The van der Waals surface area contributed by atoms with E-state index < -0.39 is 0 Å². The highest BCUT2D eigenvalue weighted by molar-refractivity contribution is 5.27. The van der Waals surface area contributed by atoms with Crippen LogP contribution in [0.1, 0.15) is 39.7 Å². The Morgan fingerprint density at radius 1 is 1.05 bits per heavy atom. The molecule has 0 bridgehead atoms. The Bertz CT molecular complexity index is 360. The van der Waals surface area contributed by atoms with Crippen LogP contribution in [0, 0.1) is 17.8 Å². The van der Waals surface area contributed by atoms with Gasteiger partial charge in [-0.1, -0.05) is 39.8 Å². The summed E-state index contributed by atoms with van der Waals surface area (Å²) in [4.78, 5) is 0. The molecule has 1 rings (SSSR count). The molecule has 0 saturated heterocycles. The van der Waals surface area contributed by atoms with Crippen LogP contribution in [0.3, 0.4) is 0 Å². The van der Waals surface area contributed by atoms with E-state index in [9.17, 15) is 5.11 Å². The van der Waals surface area contributed by atoms with Gasteiger partial charge >= 0.3 is 0 Å². The van der Waals surface area contributed by atoms with E-state index in [-0.39, 0.29) is 0 Å². The van der Waals surface area contributed by atoms with Crippen LogP contribution in [-0.4, -0.2) is 18.2 Å². The minimum Gasteiger partial charge on any atom is -0.508 e. The van der Waals surface area contributed by atoms with E-state index in [1.54, 1.807) is 6.07 Å². The number of hydrogen-bond donors (Lipinski definition) is 2. The Hall–Kier alpha value is -1.02. The van der Waals surface area contributed by atoms with Crippen molar-refractivity contribution in [1.82, 2.24) is 5.32 Å². The first kappa shape index (κ1) is 16.0. The van der Waals surface area contributed by atoms with Crippen molar-refractivity contribution in [1.29, 1.82) is 0 Å². The fourth-order valence-corrected chi connectivity index (χ4v) is 2.50. The smallest absolute Gasteiger partial charge is 0.115 e. The van der Waals surface area contributed by atoms with Crippen LogP contribution in [0.15, 0.2) is 24.3 Å². The average Bonchev–Trinajstić information content (AvgIpc) is 2.27. The number of nitrogens with one attached hydrogen (secondary N) is 1. The second-order valence-corrected chi connectivity index (χ2v) is 6.42. The van der Waals surface area contributed by atoms with Gasteiger partial charge in [-0.3, -0.25) is 0 Å². The van der Waals surface area contributed by atoms with Gasteiger partial charge in [-0.2, -0.15) is 0 Å². The van der Waals surface area contributed by atoms with Crippen molar-refractivity contribution in [3.05, 3.63) is 29.8 Å². The van der Waals surface area contributed by atoms with E-state index in [4.69, 9.17) is 0 Å². The summed E-state index contributed by atoms with van der Waals surface area (Å²) in [6.07, 6.45) is 2.26. The molecule has 2 nitrogen and oxygen atoms in total. The number of phenols is 1. The Morgan fingerprint density at radius 3 is 2.37 bits per heavy atom. The first-order chi connectivity index (χ1) is 8.97. The summed E-state index contributed by atoms with van der Waals surface area (Å²) >= 11 is 0. The summed E-state index contributed by atoms with van der Waals surface area (Å²) in [6, 6.07) is 7.65. The molecule has 0 spiro atoms. The zero-order chi connectivity index (χ0) is 14.3. The molecule has 0 aliphatic heterocycles. The first-order valence-corrected chi connectivity index (χ1v) is 7.46. The molecule has 0 aliphatic rings. The molecule has 1 aromatic carbocycles. The van der Waals surface area contributed by atoms with Crippen molar-refractivity contribution in [2.24, 2.45) is 17.8 Å². The van der Waals surface area contributed by atoms with Gasteiger partial charge in [0.15, 0.2) is 0 Å². The summed E-state index contributed by atoms with van der Waals surface area (Å²) in [5.74, 6) is 2.42. The predicted molar refractivity (Wildman–Crippen MR) is 82.5 cm³/mol. The van der Waals surface area contributed by atoms with E-state index in [1.165, 1.54) is 12.0 Å². The summed E-state index contributed by atoms with van der Waals surface area (Å²) in [7, 11) is 0. The zero-order valence-corrected chi connectivity index (χ0v) is 12.8. The molecule has 1 aromatic rings. The van der Waals surface area contributed by atoms with Gasteiger partial charge in [-0.25, -0.2) is 0 Å². The largest absolute Gasteiger partial charge is 0.508 e. The van der Waals surface area contributed by atoms with E-state index in [0.717, 1.165) is 19.5 Å². The molecule has 0 heterocycles. The minimum absolute atomic E-state index is 0.371. The Morgan fingerprint density at radius 2 is 1.79 bits per heavy atom. The van der Waals surface area contributed by atoms with Crippen LogP contribution in [0.5, 0.6) is 5.75 Å². The molecule has 2 N–H and O–H groups in total. The van der Waals surface area contributed by atoms with Gasteiger partial charge in [0.25, 0.3) is 0 Å². The van der Waals surface area contributed by atoms with Crippen molar-refractivity contribution in [2.45, 2.75) is 40.5 Å². The van der Waals surface area contributed by atoms with Gasteiger partial charge in [0.1, 0.15) is 5.75 Å². The highest BCUT2D eigenvalue weighted by Crippen LogP contribution is 2.19. The van der Waals surface area contributed by atoms with Crippen molar-refractivity contribution in [3.63, 3.8) is 0 Å². The SMILES string of the molecule is CC(C)CNCC(Cc1cccc(O)c1)CC(C)C. The number of benzene rings is 1. The van der Waals surface area contributed by atoms with Gasteiger partial charge in [0.2, 0.25) is 0 Å². The predicted octanol–water partition coefficient (Wildman–Crippen LogP) is 3.84. The summed E-state index contributed by atoms with van der Waals surface area (Å²) in [5.41, 5.74) is 1.23. The fourth-order valence-electron chi connectivity index (χ4n) is 2.50. The maximum Gasteiger partial charge on any atom is 0.115 e. The number of phenolic OH excluding ortho intramolecular Hbond substituents is 1. The van der Waals surface area contributed by atoms with Crippen LogP contribution >= 0.6 is 0 Å². The molecular formula is C17H29NO. The van der Waals surface area contributed by atoms with Crippen LogP contribution < -0.4 is 5.32 Å². The molecule has 19 heavy (non-hydrogen) atoms. The van der Waals surface area contributed by atoms with E-state index in [0.29, 0.717) is 23.5 Å². The molecule has 1 atom stereocenters. The molecular weight excluding hydrogens is 234 g/mol. The molecule has 0 aromatic heterocycles. The quantitative estimate of drug-likeness (QED) is 0.747. The molecule has 1 unspecified atom stereocenters. The number of aromatic hydroxyl groups is 1. The van der Waals surface area contributed by atoms with Crippen molar-refractivity contribution in [2.75, 3.05) is 13.1 Å². The maximum atomic E-state index is 9.54. The van der Waals surface area contributed by atoms with Gasteiger partial charge in [0, 0.05) is 0 Å². The lowest BCUT2D eigenvalue weighted by Crippen LogP contribution is -2.28. The van der Waals surface area contributed by atoms with Gasteiger partial charge in [-0.05, 0) is 61.4 Å². The van der Waals surface area contributed by atoms with E-state index in [2.05, 4.69) is 39.1 Å². The van der Waals surface area contributed by atoms with E-state index in [1.807, 2.05) is 12.1 Å². The second kappa shape index (κ2) is 8.21. The third kappa shape index (κ3) is 7.22. The molecule has 0 aliphatic carbocycles. The van der Waals surface area contributed by atoms with Crippen molar-refractivity contribution in [3.8, 4) is 5.75 Å². The zero-order valence-electron chi connectivity index (χ0n) is 12.8. The average molecular weight is 263 g/mol. The first-order valence-electron chi connectivity index (χ1n) is 7.46. The number of rotatable bonds is 8. The summed E-state index contributed by atoms with van der Waals surface area (Å²) in [6.45, 7) is 11.2. The molecule has 2 heteroatoms. The maximum absolute atomic E-state index is 9.54. The molecule has 0 saturated carbocycles. The lowest BCUT2D eigenvalue weighted by atomic mass is 9.90. The molecule has 0 fully saturated rings. The third-order valence-electron chi connectivity index (χ3n) is 3.23. The minimum atomic E-state index is 0.371. The Balaban J connectivity index is 2.53. The Labute approximate surface area is 118 Å². The topological polar surface area (TPSA) is 32.3 Å². The Kier molecular flexibility index (Phi) is 6.93. The van der Waals surface area contributed by atoms with Gasteiger partial charge < -0.3 is 10.4 Å². The second-order valence-electron chi connectivity index (χ2n) is 6.42. The fraction of sp³-hybridized carbons (Fsp3) is 0.647. The van der Waals surface area contributed by atoms with Gasteiger partial charge in [0.05, 0.1) is 0 Å². The normalized spacial score (nSPS) is 13.2. The highest BCUT2D eigenvalue weighted by Gasteiger charge is 2.12. The lowest BCUT2D eigenvalue weighted by molar-refractivity contribution is 0.375. The van der Waals surface area contributed by atoms with Crippen molar-refractivity contribution >= 4 is 0 Å². The van der Waals surface area contributed by atoms with Crippen LogP contribution in [0.4, 0.5) is 0 Å². The standard InChI is InChI=1S/C17H29NO/c1-13(2)8-16(12-18-11-14(3)4)9-15-6-5-7-17(19)10-15/h5-7,10,13-14,16,18-19H,8-9,11-12H2,1-4H3. The lowest BCUT2D eigenvalue weighted by Gasteiger charge is -2.20.